The topological polar surface area (TPSA) is 68.9 Å². The fourth-order valence-corrected chi connectivity index (χ4v) is 0.956. The number of aryl methyl sites for hydroxylation is 1. The molecule has 1 heterocycles. The van der Waals surface area contributed by atoms with E-state index in [1.54, 1.807) is 12.1 Å². The van der Waals surface area contributed by atoms with E-state index >= 15 is 0 Å². The first-order valence-electron chi connectivity index (χ1n) is 4.00. The number of anilines is 1. The minimum atomic E-state index is 0.0283. The third-order valence-corrected chi connectivity index (χ3v) is 1.56. The Labute approximate surface area is 76.8 Å². The Morgan fingerprint density at radius 3 is 3.00 bits per heavy atom. The summed E-state index contributed by atoms with van der Waals surface area (Å²) in [5, 5.41) is 20.2. The van der Waals surface area contributed by atoms with Crippen LogP contribution in [0.15, 0.2) is 12.1 Å². The largest absolute Gasteiger partial charge is 0.395 e. The Hall–Kier alpha value is -1.60. The number of hydrogen-bond donors (Lipinski definition) is 2. The number of aliphatic hydroxyl groups excluding tert-OH is 1. The molecule has 13 heavy (non-hydrogen) atoms. The van der Waals surface area contributed by atoms with Gasteiger partial charge in [-0.3, -0.25) is 0 Å². The lowest BCUT2D eigenvalue weighted by molar-refractivity contribution is 0.311. The molecule has 0 bridgehead atoms. The Bertz CT molecular complexity index is 330. The smallest absolute Gasteiger partial charge is 0.144 e. The zero-order chi connectivity index (χ0) is 9.68. The van der Waals surface area contributed by atoms with Crippen molar-refractivity contribution in [3.8, 4) is 6.07 Å². The average molecular weight is 177 g/mol. The molecule has 4 heteroatoms. The van der Waals surface area contributed by atoms with Crippen LogP contribution in [-0.4, -0.2) is 23.2 Å². The van der Waals surface area contributed by atoms with Crippen molar-refractivity contribution in [2.75, 3.05) is 18.5 Å². The van der Waals surface area contributed by atoms with Gasteiger partial charge in [-0.1, -0.05) is 0 Å². The summed E-state index contributed by atoms with van der Waals surface area (Å²) in [6, 6.07) is 5.52. The van der Waals surface area contributed by atoms with Crippen LogP contribution in [0.5, 0.6) is 0 Å². The lowest BCUT2D eigenvalue weighted by atomic mass is 10.2. The normalized spacial score (nSPS) is 9.31. The molecule has 0 saturated heterocycles. The summed E-state index contributed by atoms with van der Waals surface area (Å²) >= 11 is 0. The van der Waals surface area contributed by atoms with Crippen molar-refractivity contribution < 1.29 is 5.11 Å². The molecule has 0 aromatic carbocycles. The third kappa shape index (κ3) is 2.42. The minimum absolute atomic E-state index is 0.0283. The molecule has 0 aliphatic rings. The van der Waals surface area contributed by atoms with Crippen molar-refractivity contribution in [1.82, 2.24) is 4.98 Å². The Balaban J connectivity index is 2.89. The molecule has 0 aliphatic heterocycles. The summed E-state index contributed by atoms with van der Waals surface area (Å²) in [7, 11) is 0. The lowest BCUT2D eigenvalue weighted by Crippen LogP contribution is -2.08. The average Bonchev–Trinajstić information content (AvgIpc) is 2.15. The Morgan fingerprint density at radius 1 is 1.62 bits per heavy atom. The van der Waals surface area contributed by atoms with Gasteiger partial charge >= 0.3 is 0 Å². The maximum absolute atomic E-state index is 8.72. The standard InChI is InChI=1S/C9H11N3O/c1-7-2-3-8(6-10)9(12-7)11-4-5-13/h2-3,13H,4-5H2,1H3,(H,11,12). The van der Waals surface area contributed by atoms with E-state index in [1.807, 2.05) is 13.0 Å². The molecule has 0 radical (unpaired) electrons. The van der Waals surface area contributed by atoms with E-state index in [-0.39, 0.29) is 6.61 Å². The number of hydrogen-bond acceptors (Lipinski definition) is 4. The summed E-state index contributed by atoms with van der Waals surface area (Å²) in [4.78, 5) is 4.14. The number of nitrogens with one attached hydrogen (secondary N) is 1. The SMILES string of the molecule is Cc1ccc(C#N)c(NCCO)n1. The predicted molar refractivity (Wildman–Crippen MR) is 49.3 cm³/mol. The molecule has 0 unspecified atom stereocenters. The van der Waals surface area contributed by atoms with Crippen LogP contribution in [0.3, 0.4) is 0 Å². The fourth-order valence-electron chi connectivity index (χ4n) is 0.956. The Kier molecular flexibility index (Phi) is 3.23. The van der Waals surface area contributed by atoms with E-state index in [2.05, 4.69) is 10.3 Å². The van der Waals surface area contributed by atoms with Crippen LogP contribution < -0.4 is 5.32 Å². The molecule has 0 saturated carbocycles. The molecule has 1 aromatic heterocycles. The maximum atomic E-state index is 8.72. The van der Waals surface area contributed by atoms with E-state index in [4.69, 9.17) is 10.4 Å². The van der Waals surface area contributed by atoms with Crippen molar-refractivity contribution in [1.29, 1.82) is 5.26 Å². The van der Waals surface area contributed by atoms with Gasteiger partial charge in [0.25, 0.3) is 0 Å². The molecule has 1 rings (SSSR count). The highest BCUT2D eigenvalue weighted by atomic mass is 16.3. The third-order valence-electron chi connectivity index (χ3n) is 1.56. The summed E-state index contributed by atoms with van der Waals surface area (Å²) in [5.74, 6) is 0.538. The molecular formula is C9H11N3O. The second-order valence-electron chi connectivity index (χ2n) is 2.61. The van der Waals surface area contributed by atoms with Gasteiger partial charge < -0.3 is 10.4 Å². The van der Waals surface area contributed by atoms with Gasteiger partial charge in [-0.25, -0.2) is 4.98 Å². The van der Waals surface area contributed by atoms with Gasteiger partial charge in [0, 0.05) is 12.2 Å². The maximum Gasteiger partial charge on any atom is 0.144 e. The van der Waals surface area contributed by atoms with Crippen LogP contribution in [0.1, 0.15) is 11.3 Å². The second-order valence-corrected chi connectivity index (χ2v) is 2.61. The van der Waals surface area contributed by atoms with Crippen LogP contribution in [0.2, 0.25) is 0 Å². The molecule has 0 atom stereocenters. The van der Waals surface area contributed by atoms with Gasteiger partial charge in [-0.05, 0) is 19.1 Å². The lowest BCUT2D eigenvalue weighted by Gasteiger charge is -2.05. The van der Waals surface area contributed by atoms with E-state index in [9.17, 15) is 0 Å². The summed E-state index contributed by atoms with van der Waals surface area (Å²) in [6.45, 7) is 2.29. The number of aliphatic hydroxyl groups is 1. The molecule has 68 valence electrons. The fraction of sp³-hybridized carbons (Fsp3) is 0.333. The van der Waals surface area contributed by atoms with Gasteiger partial charge in [-0.15, -0.1) is 0 Å². The number of nitrogens with zero attached hydrogens (tertiary/aromatic N) is 2. The predicted octanol–water partition coefficient (Wildman–Crippen LogP) is 0.666. The van der Waals surface area contributed by atoms with Gasteiger partial charge in [0.05, 0.1) is 12.2 Å². The quantitative estimate of drug-likeness (QED) is 0.711. The first kappa shape index (κ1) is 9.49. The highest BCUT2D eigenvalue weighted by Gasteiger charge is 2.01. The first-order valence-corrected chi connectivity index (χ1v) is 4.00. The van der Waals surface area contributed by atoms with E-state index in [1.165, 1.54) is 0 Å². The first-order chi connectivity index (χ1) is 6.27. The molecule has 4 nitrogen and oxygen atoms in total. The highest BCUT2D eigenvalue weighted by molar-refractivity contribution is 5.52. The van der Waals surface area contributed by atoms with Crippen LogP contribution in [0.25, 0.3) is 0 Å². The van der Waals surface area contributed by atoms with E-state index < -0.39 is 0 Å². The molecule has 1 aromatic rings. The van der Waals surface area contributed by atoms with Crippen molar-refractivity contribution in [2.45, 2.75) is 6.92 Å². The summed E-state index contributed by atoms with van der Waals surface area (Å²) < 4.78 is 0. The number of nitriles is 1. The molecular weight excluding hydrogens is 166 g/mol. The van der Waals surface area contributed by atoms with Gasteiger partial charge in [0.1, 0.15) is 11.9 Å². The van der Waals surface area contributed by atoms with Crippen molar-refractivity contribution >= 4 is 5.82 Å². The van der Waals surface area contributed by atoms with Crippen molar-refractivity contribution in [3.63, 3.8) is 0 Å². The molecule has 0 amide bonds. The van der Waals surface area contributed by atoms with Gasteiger partial charge in [-0.2, -0.15) is 5.26 Å². The zero-order valence-corrected chi connectivity index (χ0v) is 7.41. The van der Waals surface area contributed by atoms with Gasteiger partial charge in [0.15, 0.2) is 0 Å². The second kappa shape index (κ2) is 4.43. The number of pyridine rings is 1. The minimum Gasteiger partial charge on any atom is -0.395 e. The Morgan fingerprint density at radius 2 is 2.38 bits per heavy atom. The summed E-state index contributed by atoms with van der Waals surface area (Å²) in [5.41, 5.74) is 1.35. The monoisotopic (exact) mass is 177 g/mol. The van der Waals surface area contributed by atoms with Crippen LogP contribution >= 0.6 is 0 Å². The number of aromatic nitrogens is 1. The van der Waals surface area contributed by atoms with Gasteiger partial charge in [0.2, 0.25) is 0 Å². The molecule has 0 spiro atoms. The molecule has 0 fully saturated rings. The zero-order valence-electron chi connectivity index (χ0n) is 7.41. The summed E-state index contributed by atoms with van der Waals surface area (Å²) in [6.07, 6.45) is 0. The molecule has 2 N–H and O–H groups in total. The molecule has 0 aliphatic carbocycles. The van der Waals surface area contributed by atoms with Crippen LogP contribution in [0, 0.1) is 18.3 Å². The van der Waals surface area contributed by atoms with Crippen molar-refractivity contribution in [3.05, 3.63) is 23.4 Å². The number of rotatable bonds is 3. The van der Waals surface area contributed by atoms with E-state index in [0.717, 1.165) is 5.69 Å². The van der Waals surface area contributed by atoms with Crippen LogP contribution in [0.4, 0.5) is 5.82 Å². The van der Waals surface area contributed by atoms with Crippen molar-refractivity contribution in [2.24, 2.45) is 0 Å². The highest BCUT2D eigenvalue weighted by Crippen LogP contribution is 2.11. The van der Waals surface area contributed by atoms with E-state index in [0.29, 0.717) is 17.9 Å². The van der Waals surface area contributed by atoms with Crippen LogP contribution in [-0.2, 0) is 0 Å².